The maximum Gasteiger partial charge on any atom is 0.263 e. The summed E-state index contributed by atoms with van der Waals surface area (Å²) in [6, 6.07) is 0. The van der Waals surface area contributed by atoms with Crippen molar-refractivity contribution >= 4 is 39.7 Å². The van der Waals surface area contributed by atoms with Crippen molar-refractivity contribution in [3.63, 3.8) is 0 Å². The first-order valence-electron chi connectivity index (χ1n) is 6.43. The summed E-state index contributed by atoms with van der Waals surface area (Å²) in [5.74, 6) is -0.110. The number of carbonyl (C=O) groups is 1. The predicted molar refractivity (Wildman–Crippen MR) is 84.4 cm³/mol. The van der Waals surface area contributed by atoms with Gasteiger partial charge in [0.2, 0.25) is 0 Å². The molecule has 0 radical (unpaired) electrons. The van der Waals surface area contributed by atoms with Crippen molar-refractivity contribution in [3.8, 4) is 0 Å². The summed E-state index contributed by atoms with van der Waals surface area (Å²) in [7, 11) is 1.63. The normalized spacial score (nSPS) is 16.8. The average molecular weight is 299 g/mol. The standard InChI is InChI=1S/C13H21N3OS2/c1-13(5-4-6-13)7-16-12-10(18-3)8(14)9(19-12)11(17)15-2/h16H,4-7,14H2,1-3H3,(H,15,17). The van der Waals surface area contributed by atoms with E-state index in [9.17, 15) is 4.79 Å². The lowest BCUT2D eigenvalue weighted by molar-refractivity contribution is 0.0968. The molecule has 0 unspecified atom stereocenters. The molecule has 0 aromatic carbocycles. The fraction of sp³-hybridized carbons (Fsp3) is 0.615. The summed E-state index contributed by atoms with van der Waals surface area (Å²) < 4.78 is 0. The van der Waals surface area contributed by atoms with Gasteiger partial charge >= 0.3 is 0 Å². The van der Waals surface area contributed by atoms with Gasteiger partial charge in [-0.1, -0.05) is 13.3 Å². The highest BCUT2D eigenvalue weighted by molar-refractivity contribution is 7.99. The zero-order valence-corrected chi connectivity index (χ0v) is 13.3. The largest absolute Gasteiger partial charge is 0.396 e. The SMILES string of the molecule is CNC(=O)c1sc(NCC2(C)CCC2)c(SC)c1N. The first-order valence-corrected chi connectivity index (χ1v) is 8.47. The lowest BCUT2D eigenvalue weighted by Crippen LogP contribution is -2.33. The molecule has 1 aliphatic rings. The average Bonchev–Trinajstić information content (AvgIpc) is 2.69. The van der Waals surface area contributed by atoms with Gasteiger partial charge < -0.3 is 16.4 Å². The zero-order chi connectivity index (χ0) is 14.0. The Hall–Kier alpha value is -0.880. The number of carbonyl (C=O) groups excluding carboxylic acids is 1. The Kier molecular flexibility index (Phi) is 4.30. The number of anilines is 2. The third-order valence-corrected chi connectivity index (χ3v) is 5.90. The van der Waals surface area contributed by atoms with Crippen molar-refractivity contribution in [2.75, 3.05) is 30.9 Å². The van der Waals surface area contributed by atoms with Gasteiger partial charge in [0.25, 0.3) is 5.91 Å². The molecule has 1 aliphatic carbocycles. The zero-order valence-electron chi connectivity index (χ0n) is 11.6. The Morgan fingerprint density at radius 3 is 2.68 bits per heavy atom. The van der Waals surface area contributed by atoms with Crippen LogP contribution in [0, 0.1) is 5.41 Å². The van der Waals surface area contributed by atoms with Gasteiger partial charge in [0.15, 0.2) is 0 Å². The maximum atomic E-state index is 11.8. The van der Waals surface area contributed by atoms with E-state index in [-0.39, 0.29) is 5.91 Å². The molecule has 1 saturated carbocycles. The van der Waals surface area contributed by atoms with Crippen molar-refractivity contribution in [2.45, 2.75) is 31.1 Å². The number of thioether (sulfide) groups is 1. The molecule has 0 saturated heterocycles. The van der Waals surface area contributed by atoms with E-state index in [1.165, 1.54) is 30.6 Å². The van der Waals surface area contributed by atoms with Gasteiger partial charge in [-0.25, -0.2) is 0 Å². The van der Waals surface area contributed by atoms with Gasteiger partial charge in [-0.15, -0.1) is 23.1 Å². The third kappa shape index (κ3) is 2.84. The first kappa shape index (κ1) is 14.5. The van der Waals surface area contributed by atoms with Gasteiger partial charge in [0.1, 0.15) is 9.88 Å². The number of hydrogen-bond acceptors (Lipinski definition) is 5. The molecule has 0 aliphatic heterocycles. The van der Waals surface area contributed by atoms with E-state index in [2.05, 4.69) is 17.6 Å². The molecule has 2 rings (SSSR count). The number of amides is 1. The summed E-state index contributed by atoms with van der Waals surface area (Å²) in [5, 5.41) is 7.15. The van der Waals surface area contributed by atoms with Crippen molar-refractivity contribution in [2.24, 2.45) is 5.41 Å². The van der Waals surface area contributed by atoms with E-state index in [0.29, 0.717) is 16.0 Å². The molecule has 1 fully saturated rings. The molecule has 1 aromatic heterocycles. The second-order valence-electron chi connectivity index (χ2n) is 5.30. The molecule has 0 bridgehead atoms. The van der Waals surface area contributed by atoms with Crippen LogP contribution in [-0.4, -0.2) is 25.8 Å². The lowest BCUT2D eigenvalue weighted by Gasteiger charge is -2.38. The Balaban J connectivity index is 2.17. The van der Waals surface area contributed by atoms with Crippen molar-refractivity contribution < 1.29 is 4.79 Å². The summed E-state index contributed by atoms with van der Waals surface area (Å²) >= 11 is 3.04. The highest BCUT2D eigenvalue weighted by Crippen LogP contribution is 2.44. The molecule has 1 heterocycles. The van der Waals surface area contributed by atoms with Crippen LogP contribution in [0.4, 0.5) is 10.7 Å². The van der Waals surface area contributed by atoms with Crippen LogP contribution < -0.4 is 16.4 Å². The Bertz CT molecular complexity index is 480. The molecule has 6 heteroatoms. The minimum absolute atomic E-state index is 0.110. The van der Waals surface area contributed by atoms with Gasteiger partial charge in [-0.05, 0) is 24.5 Å². The van der Waals surface area contributed by atoms with Crippen LogP contribution >= 0.6 is 23.1 Å². The van der Waals surface area contributed by atoms with Crippen LogP contribution in [0.3, 0.4) is 0 Å². The fourth-order valence-corrected chi connectivity index (χ4v) is 4.26. The van der Waals surface area contributed by atoms with E-state index in [1.54, 1.807) is 18.8 Å². The molecule has 4 nitrogen and oxygen atoms in total. The minimum atomic E-state index is -0.110. The Morgan fingerprint density at radius 1 is 1.53 bits per heavy atom. The highest BCUT2D eigenvalue weighted by Gasteiger charge is 2.32. The summed E-state index contributed by atoms with van der Waals surface area (Å²) in [6.07, 6.45) is 5.86. The van der Waals surface area contributed by atoms with Crippen LogP contribution in [0.1, 0.15) is 35.9 Å². The van der Waals surface area contributed by atoms with E-state index in [4.69, 9.17) is 5.73 Å². The van der Waals surface area contributed by atoms with Crippen LogP contribution in [0.25, 0.3) is 0 Å². The molecule has 0 spiro atoms. The van der Waals surface area contributed by atoms with Crippen LogP contribution in [0.15, 0.2) is 4.90 Å². The predicted octanol–water partition coefficient (Wildman–Crippen LogP) is 3.01. The fourth-order valence-electron chi connectivity index (χ4n) is 2.28. The van der Waals surface area contributed by atoms with Crippen molar-refractivity contribution in [1.82, 2.24) is 5.32 Å². The summed E-state index contributed by atoms with van der Waals surface area (Å²) in [4.78, 5) is 13.4. The van der Waals surface area contributed by atoms with Gasteiger partial charge in [0.05, 0.1) is 10.6 Å². The quantitative estimate of drug-likeness (QED) is 0.731. The number of hydrogen-bond donors (Lipinski definition) is 3. The molecular weight excluding hydrogens is 278 g/mol. The van der Waals surface area contributed by atoms with Crippen molar-refractivity contribution in [3.05, 3.63) is 4.88 Å². The minimum Gasteiger partial charge on any atom is -0.396 e. The van der Waals surface area contributed by atoms with Gasteiger partial charge in [-0.2, -0.15) is 0 Å². The van der Waals surface area contributed by atoms with E-state index < -0.39 is 0 Å². The number of nitrogen functional groups attached to an aromatic ring is 1. The van der Waals surface area contributed by atoms with Crippen LogP contribution in [0.5, 0.6) is 0 Å². The Labute approximate surface area is 122 Å². The van der Waals surface area contributed by atoms with Gasteiger partial charge in [-0.3, -0.25) is 4.79 Å². The van der Waals surface area contributed by atoms with Crippen molar-refractivity contribution in [1.29, 1.82) is 0 Å². The summed E-state index contributed by atoms with van der Waals surface area (Å²) in [5.41, 5.74) is 7.07. The molecular formula is C13H21N3OS2. The molecule has 19 heavy (non-hydrogen) atoms. The van der Waals surface area contributed by atoms with Crippen LogP contribution in [-0.2, 0) is 0 Å². The van der Waals surface area contributed by atoms with E-state index in [0.717, 1.165) is 16.4 Å². The lowest BCUT2D eigenvalue weighted by atomic mass is 9.70. The number of nitrogens with one attached hydrogen (secondary N) is 2. The topological polar surface area (TPSA) is 67.2 Å². The third-order valence-electron chi connectivity index (χ3n) is 3.77. The monoisotopic (exact) mass is 299 g/mol. The number of rotatable bonds is 5. The number of nitrogens with two attached hydrogens (primary N) is 1. The van der Waals surface area contributed by atoms with E-state index in [1.807, 2.05) is 6.26 Å². The molecule has 4 N–H and O–H groups in total. The highest BCUT2D eigenvalue weighted by atomic mass is 32.2. The van der Waals surface area contributed by atoms with Crippen LogP contribution in [0.2, 0.25) is 0 Å². The molecule has 1 amide bonds. The molecule has 0 atom stereocenters. The second kappa shape index (κ2) is 5.63. The molecule has 1 aromatic rings. The Morgan fingerprint density at radius 2 is 2.21 bits per heavy atom. The number of thiophene rings is 1. The van der Waals surface area contributed by atoms with Gasteiger partial charge in [0, 0.05) is 13.6 Å². The smallest absolute Gasteiger partial charge is 0.263 e. The first-order chi connectivity index (χ1) is 9.00. The maximum absolute atomic E-state index is 11.8. The van der Waals surface area contributed by atoms with E-state index >= 15 is 0 Å². The molecule has 106 valence electrons. The summed E-state index contributed by atoms with van der Waals surface area (Å²) in [6.45, 7) is 3.26. The second-order valence-corrected chi connectivity index (χ2v) is 7.14.